The molecule has 1 aromatic heterocycles. The number of nitrogen functional groups attached to an aromatic ring is 1. The van der Waals surface area contributed by atoms with Gasteiger partial charge in [-0.1, -0.05) is 18.2 Å². The minimum atomic E-state index is 0.459. The van der Waals surface area contributed by atoms with Gasteiger partial charge in [-0.05, 0) is 24.6 Å². The number of benzene rings is 1. The SMILES string of the molecule is Cc1ccccc1Nc1nccc(N)n1. The van der Waals surface area contributed by atoms with E-state index >= 15 is 0 Å². The predicted octanol–water partition coefficient (Wildman–Crippen LogP) is 2.11. The lowest BCUT2D eigenvalue weighted by Crippen LogP contribution is -2.00. The fourth-order valence-electron chi connectivity index (χ4n) is 1.27. The Kier molecular flexibility index (Phi) is 2.49. The van der Waals surface area contributed by atoms with Gasteiger partial charge in [0, 0.05) is 11.9 Å². The third-order valence-electron chi connectivity index (χ3n) is 2.07. The first-order valence-electron chi connectivity index (χ1n) is 4.67. The number of hydrogen-bond donors (Lipinski definition) is 2. The Morgan fingerprint density at radius 2 is 2.00 bits per heavy atom. The summed E-state index contributed by atoms with van der Waals surface area (Å²) in [4.78, 5) is 8.14. The summed E-state index contributed by atoms with van der Waals surface area (Å²) in [5.41, 5.74) is 7.69. The molecular weight excluding hydrogens is 188 g/mol. The van der Waals surface area contributed by atoms with Crippen LogP contribution in [0.3, 0.4) is 0 Å². The number of hydrogen-bond acceptors (Lipinski definition) is 4. The third-order valence-corrected chi connectivity index (χ3v) is 2.07. The smallest absolute Gasteiger partial charge is 0.229 e. The number of rotatable bonds is 2. The van der Waals surface area contributed by atoms with E-state index in [0.29, 0.717) is 11.8 Å². The van der Waals surface area contributed by atoms with Crippen LogP contribution in [-0.2, 0) is 0 Å². The first-order chi connectivity index (χ1) is 7.25. The second-order valence-electron chi connectivity index (χ2n) is 3.25. The molecule has 0 fully saturated rings. The molecule has 15 heavy (non-hydrogen) atoms. The van der Waals surface area contributed by atoms with Crippen molar-refractivity contribution in [2.75, 3.05) is 11.1 Å². The topological polar surface area (TPSA) is 63.8 Å². The van der Waals surface area contributed by atoms with Crippen molar-refractivity contribution in [1.82, 2.24) is 9.97 Å². The first kappa shape index (κ1) is 9.45. The maximum absolute atomic E-state index is 5.56. The average Bonchev–Trinajstić information content (AvgIpc) is 2.22. The standard InChI is InChI=1S/C11H12N4/c1-8-4-2-3-5-9(8)14-11-13-7-6-10(12)15-11/h2-7H,1H3,(H3,12,13,14,15). The molecule has 0 radical (unpaired) electrons. The number of nitrogens with two attached hydrogens (primary N) is 1. The van der Waals surface area contributed by atoms with Gasteiger partial charge in [-0.2, -0.15) is 4.98 Å². The second kappa shape index (κ2) is 3.96. The van der Waals surface area contributed by atoms with Crippen molar-refractivity contribution in [3.8, 4) is 0 Å². The van der Waals surface area contributed by atoms with Gasteiger partial charge < -0.3 is 11.1 Å². The maximum Gasteiger partial charge on any atom is 0.229 e. The molecular formula is C11H12N4. The molecule has 0 aliphatic carbocycles. The van der Waals surface area contributed by atoms with Crippen LogP contribution >= 0.6 is 0 Å². The highest BCUT2D eigenvalue weighted by Crippen LogP contribution is 2.17. The van der Waals surface area contributed by atoms with Gasteiger partial charge in [-0.15, -0.1) is 0 Å². The van der Waals surface area contributed by atoms with Crippen LogP contribution in [0.1, 0.15) is 5.56 Å². The van der Waals surface area contributed by atoms with E-state index in [1.165, 1.54) is 0 Å². The molecule has 76 valence electrons. The molecule has 0 spiro atoms. The van der Waals surface area contributed by atoms with Crippen molar-refractivity contribution in [1.29, 1.82) is 0 Å². The molecule has 4 heteroatoms. The zero-order valence-electron chi connectivity index (χ0n) is 8.44. The Balaban J connectivity index is 2.26. The lowest BCUT2D eigenvalue weighted by molar-refractivity contribution is 1.17. The Labute approximate surface area is 88.2 Å². The van der Waals surface area contributed by atoms with Crippen LogP contribution in [0.25, 0.3) is 0 Å². The van der Waals surface area contributed by atoms with E-state index in [2.05, 4.69) is 15.3 Å². The van der Waals surface area contributed by atoms with Gasteiger partial charge in [0.2, 0.25) is 5.95 Å². The fourth-order valence-corrected chi connectivity index (χ4v) is 1.27. The van der Waals surface area contributed by atoms with Crippen molar-refractivity contribution in [2.45, 2.75) is 6.92 Å². The van der Waals surface area contributed by atoms with Crippen molar-refractivity contribution >= 4 is 17.5 Å². The summed E-state index contributed by atoms with van der Waals surface area (Å²) in [6.07, 6.45) is 1.63. The quantitative estimate of drug-likeness (QED) is 0.779. The molecule has 0 aliphatic heterocycles. The van der Waals surface area contributed by atoms with Crippen molar-refractivity contribution in [3.63, 3.8) is 0 Å². The number of anilines is 3. The average molecular weight is 200 g/mol. The number of nitrogens with zero attached hydrogens (tertiary/aromatic N) is 2. The van der Waals surface area contributed by atoms with E-state index in [0.717, 1.165) is 11.3 Å². The van der Waals surface area contributed by atoms with Crippen LogP contribution in [-0.4, -0.2) is 9.97 Å². The zero-order valence-corrected chi connectivity index (χ0v) is 8.44. The lowest BCUT2D eigenvalue weighted by atomic mass is 10.2. The highest BCUT2D eigenvalue weighted by atomic mass is 15.1. The van der Waals surface area contributed by atoms with E-state index in [-0.39, 0.29) is 0 Å². The normalized spacial score (nSPS) is 9.93. The summed E-state index contributed by atoms with van der Waals surface area (Å²) in [6.45, 7) is 2.02. The van der Waals surface area contributed by atoms with Crippen molar-refractivity contribution in [2.24, 2.45) is 0 Å². The summed E-state index contributed by atoms with van der Waals surface area (Å²) in [5.74, 6) is 0.977. The van der Waals surface area contributed by atoms with Gasteiger partial charge in [0.15, 0.2) is 0 Å². The number of nitrogens with one attached hydrogen (secondary N) is 1. The fraction of sp³-hybridized carbons (Fsp3) is 0.0909. The van der Waals surface area contributed by atoms with Crippen LogP contribution in [0, 0.1) is 6.92 Å². The molecule has 2 aromatic rings. The molecule has 0 unspecified atom stereocenters. The summed E-state index contributed by atoms with van der Waals surface area (Å²) in [6, 6.07) is 9.60. The molecule has 0 saturated heterocycles. The largest absolute Gasteiger partial charge is 0.384 e. The highest BCUT2D eigenvalue weighted by Gasteiger charge is 1.99. The molecule has 0 saturated carbocycles. The van der Waals surface area contributed by atoms with E-state index in [1.54, 1.807) is 12.3 Å². The van der Waals surface area contributed by atoms with Crippen molar-refractivity contribution < 1.29 is 0 Å². The van der Waals surface area contributed by atoms with E-state index in [9.17, 15) is 0 Å². The summed E-state index contributed by atoms with van der Waals surface area (Å²) < 4.78 is 0. The zero-order chi connectivity index (χ0) is 10.7. The highest BCUT2D eigenvalue weighted by molar-refractivity contribution is 5.58. The first-order valence-corrected chi connectivity index (χ1v) is 4.67. The molecule has 4 nitrogen and oxygen atoms in total. The monoisotopic (exact) mass is 200 g/mol. The van der Waals surface area contributed by atoms with Crippen LogP contribution in [0.2, 0.25) is 0 Å². The van der Waals surface area contributed by atoms with E-state index in [1.807, 2.05) is 31.2 Å². The van der Waals surface area contributed by atoms with Crippen LogP contribution in [0.5, 0.6) is 0 Å². The number of aryl methyl sites for hydroxylation is 1. The van der Waals surface area contributed by atoms with Crippen LogP contribution < -0.4 is 11.1 Å². The Morgan fingerprint density at radius 3 is 2.73 bits per heavy atom. The Bertz CT molecular complexity index is 468. The summed E-state index contributed by atoms with van der Waals surface area (Å²) in [7, 11) is 0. The van der Waals surface area contributed by atoms with Gasteiger partial charge >= 0.3 is 0 Å². The molecule has 1 heterocycles. The van der Waals surface area contributed by atoms with E-state index in [4.69, 9.17) is 5.73 Å². The predicted molar refractivity (Wildman–Crippen MR) is 60.9 cm³/mol. The number of aromatic nitrogens is 2. The Morgan fingerprint density at radius 1 is 1.20 bits per heavy atom. The van der Waals surface area contributed by atoms with Gasteiger partial charge in [0.25, 0.3) is 0 Å². The summed E-state index contributed by atoms with van der Waals surface area (Å²) in [5, 5.41) is 3.11. The van der Waals surface area contributed by atoms with E-state index < -0.39 is 0 Å². The van der Waals surface area contributed by atoms with Gasteiger partial charge in [-0.3, -0.25) is 0 Å². The minimum Gasteiger partial charge on any atom is -0.384 e. The molecule has 0 bridgehead atoms. The van der Waals surface area contributed by atoms with Gasteiger partial charge in [0.05, 0.1) is 0 Å². The second-order valence-corrected chi connectivity index (χ2v) is 3.25. The van der Waals surface area contributed by atoms with Crippen LogP contribution in [0.15, 0.2) is 36.5 Å². The molecule has 0 atom stereocenters. The molecule has 3 N–H and O–H groups in total. The van der Waals surface area contributed by atoms with Gasteiger partial charge in [0.1, 0.15) is 5.82 Å². The number of para-hydroxylation sites is 1. The lowest BCUT2D eigenvalue weighted by Gasteiger charge is -2.07. The third kappa shape index (κ3) is 2.22. The Hall–Kier alpha value is -2.10. The molecule has 1 aromatic carbocycles. The molecule has 0 aliphatic rings. The van der Waals surface area contributed by atoms with Crippen molar-refractivity contribution in [3.05, 3.63) is 42.1 Å². The van der Waals surface area contributed by atoms with Crippen LogP contribution in [0.4, 0.5) is 17.5 Å². The van der Waals surface area contributed by atoms with Gasteiger partial charge in [-0.25, -0.2) is 4.98 Å². The maximum atomic E-state index is 5.56. The summed E-state index contributed by atoms with van der Waals surface area (Å²) >= 11 is 0. The molecule has 2 rings (SSSR count). The minimum absolute atomic E-state index is 0.459. The molecule has 0 amide bonds.